The van der Waals surface area contributed by atoms with Gasteiger partial charge < -0.3 is 0 Å². The van der Waals surface area contributed by atoms with Crippen LogP contribution in [0, 0.1) is 17.0 Å². The molecule has 1 aliphatic heterocycles. The van der Waals surface area contributed by atoms with E-state index in [2.05, 4.69) is 5.32 Å². The molecule has 0 spiro atoms. The molecule has 0 saturated carbocycles. The van der Waals surface area contributed by atoms with Gasteiger partial charge in [-0.15, -0.1) is 0 Å². The molecule has 4 amide bonds. The number of nitro groups is 1. The maximum absolute atomic E-state index is 12.8. The van der Waals surface area contributed by atoms with Gasteiger partial charge in [-0.25, -0.2) is 9.69 Å². The van der Waals surface area contributed by atoms with Gasteiger partial charge in [-0.1, -0.05) is 29.8 Å². The maximum atomic E-state index is 12.8. The molecule has 27 heavy (non-hydrogen) atoms. The molecule has 0 aliphatic carbocycles. The van der Waals surface area contributed by atoms with Crippen molar-refractivity contribution in [2.24, 2.45) is 0 Å². The molecular weight excluding hydrogens is 374 g/mol. The van der Waals surface area contributed by atoms with Gasteiger partial charge in [0.1, 0.15) is 5.57 Å². The number of carbonyl (C=O) groups excluding carboxylic acids is 3. The number of urea groups is 1. The summed E-state index contributed by atoms with van der Waals surface area (Å²) in [5, 5.41) is 13.3. The first-order chi connectivity index (χ1) is 12.8. The zero-order valence-electron chi connectivity index (χ0n) is 13.9. The molecule has 2 aromatic carbocycles. The van der Waals surface area contributed by atoms with E-state index in [0.717, 1.165) is 10.5 Å². The van der Waals surface area contributed by atoms with E-state index in [1.807, 2.05) is 0 Å². The fourth-order valence-electron chi connectivity index (χ4n) is 2.51. The molecule has 1 saturated heterocycles. The third-order valence-electron chi connectivity index (χ3n) is 3.91. The van der Waals surface area contributed by atoms with Crippen molar-refractivity contribution in [2.75, 3.05) is 4.90 Å². The zero-order valence-corrected chi connectivity index (χ0v) is 14.7. The number of amides is 4. The van der Waals surface area contributed by atoms with Gasteiger partial charge in [0, 0.05) is 17.2 Å². The number of nitro benzene ring substituents is 1. The highest BCUT2D eigenvalue weighted by molar-refractivity contribution is 6.39. The average Bonchev–Trinajstić information content (AvgIpc) is 2.61. The number of nitrogens with one attached hydrogen (secondary N) is 1. The summed E-state index contributed by atoms with van der Waals surface area (Å²) in [6.07, 6.45) is 1.19. The molecule has 136 valence electrons. The topological polar surface area (TPSA) is 110 Å². The third kappa shape index (κ3) is 3.56. The Bertz CT molecular complexity index is 1030. The Morgan fingerprint density at radius 2 is 1.89 bits per heavy atom. The van der Waals surface area contributed by atoms with Crippen LogP contribution in [-0.2, 0) is 9.59 Å². The quantitative estimate of drug-likeness (QED) is 0.377. The normalized spacial score (nSPS) is 15.9. The summed E-state index contributed by atoms with van der Waals surface area (Å²) in [7, 11) is 0. The first kappa shape index (κ1) is 18.3. The lowest BCUT2D eigenvalue weighted by Crippen LogP contribution is -2.54. The second kappa shape index (κ2) is 7.00. The minimum absolute atomic E-state index is 0.189. The Hall–Kier alpha value is -3.52. The zero-order chi connectivity index (χ0) is 19.7. The molecule has 1 heterocycles. The van der Waals surface area contributed by atoms with Crippen LogP contribution in [0.1, 0.15) is 11.1 Å². The fraction of sp³-hybridized carbons (Fsp3) is 0.0556. The summed E-state index contributed by atoms with van der Waals surface area (Å²) in [6.45, 7) is 1.77. The average molecular weight is 386 g/mol. The molecule has 2 aromatic rings. The SMILES string of the molecule is Cc1ccc(N2C(=O)NC(=O)/C(=C/c3cccc([N+](=O)[O-])c3)C2=O)cc1Cl. The van der Waals surface area contributed by atoms with E-state index in [1.54, 1.807) is 13.0 Å². The monoisotopic (exact) mass is 385 g/mol. The Morgan fingerprint density at radius 1 is 1.15 bits per heavy atom. The molecule has 0 bridgehead atoms. The van der Waals surface area contributed by atoms with Crippen molar-refractivity contribution < 1.29 is 19.3 Å². The van der Waals surface area contributed by atoms with Crippen LogP contribution in [0.3, 0.4) is 0 Å². The van der Waals surface area contributed by atoms with Gasteiger partial charge >= 0.3 is 6.03 Å². The van der Waals surface area contributed by atoms with Crippen molar-refractivity contribution in [1.29, 1.82) is 0 Å². The van der Waals surface area contributed by atoms with E-state index in [4.69, 9.17) is 11.6 Å². The summed E-state index contributed by atoms with van der Waals surface area (Å²) < 4.78 is 0. The lowest BCUT2D eigenvalue weighted by Gasteiger charge is -2.26. The second-order valence-corrected chi connectivity index (χ2v) is 6.15. The number of nitrogens with zero attached hydrogens (tertiary/aromatic N) is 2. The number of rotatable bonds is 3. The Labute approximate surface area is 158 Å². The molecule has 0 aromatic heterocycles. The van der Waals surface area contributed by atoms with Crippen molar-refractivity contribution in [3.8, 4) is 0 Å². The van der Waals surface area contributed by atoms with Crippen LogP contribution in [0.4, 0.5) is 16.2 Å². The number of imide groups is 2. The van der Waals surface area contributed by atoms with Crippen LogP contribution < -0.4 is 10.2 Å². The minimum Gasteiger partial charge on any atom is -0.273 e. The highest BCUT2D eigenvalue weighted by Crippen LogP contribution is 2.27. The smallest absolute Gasteiger partial charge is 0.273 e. The van der Waals surface area contributed by atoms with E-state index in [1.165, 1.54) is 42.5 Å². The Morgan fingerprint density at radius 3 is 2.56 bits per heavy atom. The molecular formula is C18H12ClN3O5. The van der Waals surface area contributed by atoms with Gasteiger partial charge in [0.15, 0.2) is 0 Å². The first-order valence-corrected chi connectivity index (χ1v) is 8.08. The highest BCUT2D eigenvalue weighted by Gasteiger charge is 2.37. The predicted molar refractivity (Wildman–Crippen MR) is 98.3 cm³/mol. The predicted octanol–water partition coefficient (Wildman–Crippen LogP) is 3.22. The van der Waals surface area contributed by atoms with Crippen molar-refractivity contribution in [3.05, 3.63) is 74.3 Å². The van der Waals surface area contributed by atoms with Crippen molar-refractivity contribution >= 4 is 46.9 Å². The van der Waals surface area contributed by atoms with Crippen molar-refractivity contribution in [1.82, 2.24) is 5.32 Å². The molecule has 3 rings (SSSR count). The molecule has 1 N–H and O–H groups in total. The van der Waals surface area contributed by atoms with Crippen LogP contribution in [0.15, 0.2) is 48.0 Å². The molecule has 1 fully saturated rings. The van der Waals surface area contributed by atoms with Gasteiger partial charge in [-0.3, -0.25) is 25.0 Å². The molecule has 0 radical (unpaired) electrons. The first-order valence-electron chi connectivity index (χ1n) is 7.70. The fourth-order valence-corrected chi connectivity index (χ4v) is 2.68. The van der Waals surface area contributed by atoms with Crippen LogP contribution in [0.2, 0.25) is 5.02 Å². The minimum atomic E-state index is -0.902. The van der Waals surface area contributed by atoms with Gasteiger partial charge in [0.05, 0.1) is 10.6 Å². The van der Waals surface area contributed by atoms with Crippen LogP contribution in [-0.4, -0.2) is 22.8 Å². The number of barbiturate groups is 1. The van der Waals surface area contributed by atoms with Gasteiger partial charge in [0.25, 0.3) is 17.5 Å². The number of carbonyl (C=O) groups is 3. The molecule has 8 nitrogen and oxygen atoms in total. The molecule has 0 unspecified atom stereocenters. The van der Waals surface area contributed by atoms with E-state index >= 15 is 0 Å². The summed E-state index contributed by atoms with van der Waals surface area (Å²) in [4.78, 5) is 48.1. The van der Waals surface area contributed by atoms with Crippen LogP contribution in [0.25, 0.3) is 6.08 Å². The lowest BCUT2D eigenvalue weighted by molar-refractivity contribution is -0.384. The number of aryl methyl sites for hydroxylation is 1. The van der Waals surface area contributed by atoms with Crippen LogP contribution >= 0.6 is 11.6 Å². The lowest BCUT2D eigenvalue weighted by atomic mass is 10.1. The largest absolute Gasteiger partial charge is 0.335 e. The third-order valence-corrected chi connectivity index (χ3v) is 4.31. The second-order valence-electron chi connectivity index (χ2n) is 5.74. The van der Waals surface area contributed by atoms with Crippen molar-refractivity contribution in [2.45, 2.75) is 6.92 Å². The summed E-state index contributed by atoms with van der Waals surface area (Å²) in [6, 6.07) is 9.14. The Kier molecular flexibility index (Phi) is 4.74. The number of non-ortho nitro benzene ring substituents is 1. The molecule has 9 heteroatoms. The van der Waals surface area contributed by atoms with Crippen LogP contribution in [0.5, 0.6) is 0 Å². The van der Waals surface area contributed by atoms with E-state index < -0.39 is 22.8 Å². The highest BCUT2D eigenvalue weighted by atomic mass is 35.5. The maximum Gasteiger partial charge on any atom is 0.335 e. The van der Waals surface area contributed by atoms with Crippen molar-refractivity contribution in [3.63, 3.8) is 0 Å². The van der Waals surface area contributed by atoms with Gasteiger partial charge in [-0.05, 0) is 36.3 Å². The standard InChI is InChI=1S/C18H12ClN3O5/c1-10-5-6-12(9-15(10)19)21-17(24)14(16(23)20-18(21)25)8-11-3-2-4-13(7-11)22(26)27/h2-9H,1H3,(H,20,23,25)/b14-8-. The van der Waals surface area contributed by atoms with E-state index in [0.29, 0.717) is 5.02 Å². The number of hydrogen-bond donors (Lipinski definition) is 1. The van der Waals surface area contributed by atoms with E-state index in [9.17, 15) is 24.5 Å². The number of benzene rings is 2. The summed E-state index contributed by atoms with van der Waals surface area (Å²) in [5.74, 6) is -1.74. The Balaban J connectivity index is 2.03. The number of hydrogen-bond acceptors (Lipinski definition) is 5. The summed E-state index contributed by atoms with van der Waals surface area (Å²) in [5.41, 5.74) is 0.719. The molecule has 1 aliphatic rings. The molecule has 0 atom stereocenters. The van der Waals surface area contributed by atoms with E-state index in [-0.39, 0.29) is 22.5 Å². The number of halogens is 1. The number of anilines is 1. The summed E-state index contributed by atoms with van der Waals surface area (Å²) >= 11 is 6.06. The van der Waals surface area contributed by atoms with Gasteiger partial charge in [0.2, 0.25) is 0 Å². The van der Waals surface area contributed by atoms with Gasteiger partial charge in [-0.2, -0.15) is 0 Å².